The van der Waals surface area contributed by atoms with Gasteiger partial charge in [-0.05, 0) is 43.1 Å². The summed E-state index contributed by atoms with van der Waals surface area (Å²) in [6, 6.07) is 7.50. The number of likely N-dealkylation sites (tertiary alicyclic amines) is 1. The van der Waals surface area contributed by atoms with Crippen LogP contribution in [0.2, 0.25) is 0 Å². The second-order valence-electron chi connectivity index (χ2n) is 7.62. The van der Waals surface area contributed by atoms with E-state index < -0.39 is 11.7 Å². The van der Waals surface area contributed by atoms with E-state index in [0.717, 1.165) is 66.4 Å². The fourth-order valence-electron chi connectivity index (χ4n) is 4.29. The Morgan fingerprint density at radius 1 is 1.14 bits per heavy atom. The van der Waals surface area contributed by atoms with Gasteiger partial charge < -0.3 is 10.4 Å². The molecule has 0 bridgehead atoms. The summed E-state index contributed by atoms with van der Waals surface area (Å²) >= 11 is 0. The van der Waals surface area contributed by atoms with Crippen molar-refractivity contribution in [2.75, 3.05) is 13.1 Å². The molecule has 1 saturated heterocycles. The van der Waals surface area contributed by atoms with Crippen LogP contribution in [-0.2, 0) is 12.7 Å². The number of fused-ring (bicyclic) bond motifs is 3. The summed E-state index contributed by atoms with van der Waals surface area (Å²) in [7, 11) is 0. The van der Waals surface area contributed by atoms with E-state index in [9.17, 15) is 13.2 Å². The van der Waals surface area contributed by atoms with E-state index in [-0.39, 0.29) is 0 Å². The number of hydrogen-bond donors (Lipinski definition) is 3. The zero-order valence-corrected chi connectivity index (χ0v) is 15.6. The highest BCUT2D eigenvalue weighted by Gasteiger charge is 2.34. The van der Waals surface area contributed by atoms with Crippen LogP contribution in [0.25, 0.3) is 5.70 Å². The lowest BCUT2D eigenvalue weighted by Gasteiger charge is -2.33. The highest BCUT2D eigenvalue weighted by molar-refractivity contribution is 5.87. The summed E-state index contributed by atoms with van der Waals surface area (Å²) in [5.41, 5.74) is 10.0. The molecular formula is C20H21F3N6. The number of benzene rings is 1. The van der Waals surface area contributed by atoms with Gasteiger partial charge >= 0.3 is 6.18 Å². The van der Waals surface area contributed by atoms with Crippen LogP contribution in [-0.4, -0.2) is 34.3 Å². The van der Waals surface area contributed by atoms with Gasteiger partial charge in [-0.25, -0.2) is 10.0 Å². The first-order valence-electron chi connectivity index (χ1n) is 9.64. The average Bonchev–Trinajstić information content (AvgIpc) is 3.34. The van der Waals surface area contributed by atoms with E-state index >= 15 is 0 Å². The number of aliphatic imine (C=N–C) groups is 1. The molecule has 29 heavy (non-hydrogen) atoms. The Labute approximate surface area is 166 Å². The molecule has 4 heterocycles. The molecule has 0 saturated carbocycles. The summed E-state index contributed by atoms with van der Waals surface area (Å²) in [5, 5.41) is 1.89. The standard InChI is InChI=1S/C20H21F3N6/c21-20(22,23)15-5-3-13(4-6-15)10-28-9-1-2-14(11-28)17-18-16-7-8-24-19(16)25-12-29(18)27-26-17/h3-8,12,14,24,26-27H,1-2,9-11H2. The molecule has 1 unspecified atom stereocenters. The van der Waals surface area contributed by atoms with Gasteiger partial charge in [0.2, 0.25) is 0 Å². The fourth-order valence-corrected chi connectivity index (χ4v) is 4.29. The number of rotatable bonds is 3. The maximum Gasteiger partial charge on any atom is 0.416 e. The van der Waals surface area contributed by atoms with Crippen LogP contribution < -0.4 is 11.0 Å². The third-order valence-electron chi connectivity index (χ3n) is 5.69. The minimum Gasteiger partial charge on any atom is -0.346 e. The first-order chi connectivity index (χ1) is 14.0. The number of hydrazine groups is 2. The van der Waals surface area contributed by atoms with Gasteiger partial charge in [-0.15, -0.1) is 5.53 Å². The van der Waals surface area contributed by atoms with Gasteiger partial charge in [-0.2, -0.15) is 13.2 Å². The summed E-state index contributed by atoms with van der Waals surface area (Å²) in [4.78, 5) is 9.84. The molecule has 1 aromatic heterocycles. The normalized spacial score (nSPS) is 21.9. The number of nitrogens with one attached hydrogen (secondary N) is 3. The molecule has 9 heteroatoms. The monoisotopic (exact) mass is 402 g/mol. The molecule has 3 N–H and O–H groups in total. The smallest absolute Gasteiger partial charge is 0.346 e. The van der Waals surface area contributed by atoms with E-state index in [4.69, 9.17) is 0 Å². The van der Waals surface area contributed by atoms with Gasteiger partial charge in [-0.3, -0.25) is 4.90 Å². The van der Waals surface area contributed by atoms with Gasteiger partial charge in [0.05, 0.1) is 17.0 Å². The number of alkyl halides is 3. The number of hydrogen-bond acceptors (Lipinski definition) is 5. The van der Waals surface area contributed by atoms with Gasteiger partial charge in [-0.1, -0.05) is 12.1 Å². The molecular weight excluding hydrogens is 381 g/mol. The summed E-state index contributed by atoms with van der Waals surface area (Å²) in [5.74, 6) is 1.15. The van der Waals surface area contributed by atoms with E-state index in [1.54, 1.807) is 18.5 Å². The highest BCUT2D eigenvalue weighted by atomic mass is 19.4. The van der Waals surface area contributed by atoms with Gasteiger partial charge in [0.15, 0.2) is 0 Å². The zero-order chi connectivity index (χ0) is 20.0. The molecule has 0 spiro atoms. The van der Waals surface area contributed by atoms with Gasteiger partial charge in [0.1, 0.15) is 12.2 Å². The SMILES string of the molecule is FC(F)(F)c1ccc(CN2CCCC(C3=C4c5cc[nH]c5N=CN4NN3)C2)cc1. The van der Waals surface area contributed by atoms with E-state index in [1.807, 2.05) is 17.3 Å². The van der Waals surface area contributed by atoms with Crippen LogP contribution in [0.3, 0.4) is 0 Å². The fraction of sp³-hybridized carbons (Fsp3) is 0.350. The first kappa shape index (κ1) is 18.3. The van der Waals surface area contributed by atoms with Crippen LogP contribution in [0.15, 0.2) is 47.2 Å². The average molecular weight is 402 g/mol. The number of halogens is 3. The number of aromatic amines is 1. The largest absolute Gasteiger partial charge is 0.416 e. The van der Waals surface area contributed by atoms with Crippen molar-refractivity contribution >= 4 is 17.9 Å². The van der Waals surface area contributed by atoms with E-state index in [0.29, 0.717) is 12.5 Å². The molecule has 5 rings (SSSR count). The molecule has 0 amide bonds. The molecule has 2 aromatic rings. The minimum atomic E-state index is -4.30. The minimum absolute atomic E-state index is 0.306. The molecule has 1 fully saturated rings. The maximum absolute atomic E-state index is 12.8. The molecule has 0 radical (unpaired) electrons. The third-order valence-corrected chi connectivity index (χ3v) is 5.69. The Balaban J connectivity index is 1.33. The molecule has 0 aliphatic carbocycles. The van der Waals surface area contributed by atoms with E-state index in [1.165, 1.54) is 0 Å². The van der Waals surface area contributed by atoms with Crippen LogP contribution in [0.4, 0.5) is 19.0 Å². The zero-order valence-electron chi connectivity index (χ0n) is 15.6. The van der Waals surface area contributed by atoms with Crippen molar-refractivity contribution in [1.29, 1.82) is 0 Å². The van der Waals surface area contributed by atoms with Crippen molar-refractivity contribution in [1.82, 2.24) is 25.9 Å². The second-order valence-corrected chi connectivity index (χ2v) is 7.62. The van der Waals surface area contributed by atoms with Crippen LogP contribution in [0.1, 0.15) is 29.5 Å². The Kier molecular flexibility index (Phi) is 4.36. The Morgan fingerprint density at radius 2 is 1.97 bits per heavy atom. The number of nitrogens with zero attached hydrogens (tertiary/aromatic N) is 3. The number of H-pyrrole nitrogens is 1. The van der Waals surface area contributed by atoms with Crippen LogP contribution in [0, 0.1) is 5.92 Å². The summed E-state index contributed by atoms with van der Waals surface area (Å²) < 4.78 is 38.3. The Hall–Kier alpha value is -2.78. The Bertz CT molecular complexity index is 959. The van der Waals surface area contributed by atoms with Crippen molar-refractivity contribution < 1.29 is 13.2 Å². The lowest BCUT2D eigenvalue weighted by molar-refractivity contribution is -0.137. The summed E-state index contributed by atoms with van der Waals surface area (Å²) in [6.45, 7) is 2.43. The first-order valence-corrected chi connectivity index (χ1v) is 9.64. The van der Waals surface area contributed by atoms with Crippen LogP contribution >= 0.6 is 0 Å². The number of aromatic nitrogens is 1. The molecule has 152 valence electrons. The maximum atomic E-state index is 12.8. The van der Waals surface area contributed by atoms with Crippen LogP contribution in [0.5, 0.6) is 0 Å². The lowest BCUT2D eigenvalue weighted by Crippen LogP contribution is -2.40. The molecule has 1 atom stereocenters. The predicted octanol–water partition coefficient (Wildman–Crippen LogP) is 3.61. The van der Waals surface area contributed by atoms with Gasteiger partial charge in [0, 0.05) is 30.8 Å². The van der Waals surface area contributed by atoms with Crippen molar-refractivity contribution in [3.05, 3.63) is 58.9 Å². The Morgan fingerprint density at radius 3 is 2.76 bits per heavy atom. The van der Waals surface area contributed by atoms with Crippen molar-refractivity contribution in [3.63, 3.8) is 0 Å². The second kappa shape index (κ2) is 6.93. The highest BCUT2D eigenvalue weighted by Crippen LogP contribution is 2.38. The lowest BCUT2D eigenvalue weighted by atomic mass is 9.92. The van der Waals surface area contributed by atoms with Crippen molar-refractivity contribution in [2.45, 2.75) is 25.6 Å². The molecule has 6 nitrogen and oxygen atoms in total. The predicted molar refractivity (Wildman–Crippen MR) is 103 cm³/mol. The third kappa shape index (κ3) is 3.40. The van der Waals surface area contributed by atoms with Gasteiger partial charge in [0.25, 0.3) is 0 Å². The molecule has 3 aliphatic rings. The van der Waals surface area contributed by atoms with E-state index in [2.05, 4.69) is 25.8 Å². The summed E-state index contributed by atoms with van der Waals surface area (Å²) in [6.07, 6.45) is 1.43. The van der Waals surface area contributed by atoms with Crippen molar-refractivity contribution in [2.24, 2.45) is 10.9 Å². The number of piperidine rings is 1. The quantitative estimate of drug-likeness (QED) is 0.734. The van der Waals surface area contributed by atoms with Crippen molar-refractivity contribution in [3.8, 4) is 0 Å². The molecule has 1 aromatic carbocycles. The topological polar surface area (TPSA) is 58.7 Å². The molecule has 3 aliphatic heterocycles.